The molecule has 2 heterocycles. The number of halogens is 2. The first-order valence-corrected chi connectivity index (χ1v) is 11.2. The molecule has 1 atom stereocenters. The van der Waals surface area contributed by atoms with Crippen molar-refractivity contribution in [3.63, 3.8) is 0 Å². The Hall–Kier alpha value is -4.17. The lowest BCUT2D eigenvalue weighted by molar-refractivity contribution is -0.132. The molecule has 0 bridgehead atoms. The Kier molecular flexibility index (Phi) is 5.74. The van der Waals surface area contributed by atoms with Crippen molar-refractivity contribution < 1.29 is 23.8 Å². The summed E-state index contributed by atoms with van der Waals surface area (Å²) >= 11 is 6.18. The number of H-pyrrole nitrogens is 1. The second-order valence-corrected chi connectivity index (χ2v) is 8.29. The third-order valence-electron chi connectivity index (χ3n) is 5.72. The van der Waals surface area contributed by atoms with Crippen molar-refractivity contribution in [2.75, 3.05) is 11.5 Å². The van der Waals surface area contributed by atoms with Crippen LogP contribution in [0.1, 0.15) is 24.1 Å². The van der Waals surface area contributed by atoms with Crippen molar-refractivity contribution >= 4 is 46.0 Å². The second kappa shape index (κ2) is 8.88. The van der Waals surface area contributed by atoms with Crippen LogP contribution in [0.2, 0.25) is 5.02 Å². The van der Waals surface area contributed by atoms with Crippen molar-refractivity contribution in [1.29, 1.82) is 0 Å². The first-order valence-electron chi connectivity index (χ1n) is 10.8. The number of aromatic amines is 1. The maximum atomic E-state index is 13.7. The summed E-state index contributed by atoms with van der Waals surface area (Å²) in [6.45, 7) is 2.15. The highest BCUT2D eigenvalue weighted by molar-refractivity contribution is 6.51. The SMILES string of the molecule is CCOc1cc(/C(O)=C2\C(=O)C(=O)N(c3nc4ccc(F)cc4[nH]3)C2c2ccccc2)ccc1Cl. The number of imidazole rings is 1. The molecule has 9 heteroatoms. The fraction of sp³-hybridized carbons (Fsp3) is 0.115. The highest BCUT2D eigenvalue weighted by Crippen LogP contribution is 2.42. The molecule has 2 N–H and O–H groups in total. The van der Waals surface area contributed by atoms with Gasteiger partial charge in [-0.2, -0.15) is 0 Å². The molecule has 0 saturated carbocycles. The average molecular weight is 492 g/mol. The summed E-state index contributed by atoms with van der Waals surface area (Å²) in [5, 5.41) is 11.6. The summed E-state index contributed by atoms with van der Waals surface area (Å²) < 4.78 is 19.2. The minimum Gasteiger partial charge on any atom is -0.507 e. The van der Waals surface area contributed by atoms with Crippen LogP contribution in [-0.2, 0) is 9.59 Å². The highest BCUT2D eigenvalue weighted by Gasteiger charge is 2.48. The largest absolute Gasteiger partial charge is 0.507 e. The van der Waals surface area contributed by atoms with Crippen LogP contribution >= 0.6 is 11.6 Å². The minimum atomic E-state index is -0.979. The third kappa shape index (κ3) is 3.91. The number of benzene rings is 3. The van der Waals surface area contributed by atoms with Crippen LogP contribution in [0.15, 0.2) is 72.3 Å². The molecule has 1 unspecified atom stereocenters. The quantitative estimate of drug-likeness (QED) is 0.222. The van der Waals surface area contributed by atoms with Crippen molar-refractivity contribution in [2.45, 2.75) is 13.0 Å². The zero-order valence-corrected chi connectivity index (χ0v) is 19.2. The maximum Gasteiger partial charge on any atom is 0.302 e. The smallest absolute Gasteiger partial charge is 0.302 e. The van der Waals surface area contributed by atoms with Gasteiger partial charge in [-0.3, -0.25) is 14.5 Å². The lowest BCUT2D eigenvalue weighted by atomic mass is 9.95. The van der Waals surface area contributed by atoms with E-state index < -0.39 is 23.5 Å². The van der Waals surface area contributed by atoms with Crippen molar-refractivity contribution in [2.24, 2.45) is 0 Å². The molecule has 1 saturated heterocycles. The number of ether oxygens (including phenoxy) is 1. The number of aliphatic hydroxyl groups is 1. The van der Waals surface area contributed by atoms with Gasteiger partial charge in [-0.1, -0.05) is 41.9 Å². The number of Topliss-reactive ketones (excluding diaryl/α,β-unsaturated/α-hetero) is 1. The van der Waals surface area contributed by atoms with E-state index in [1.807, 2.05) is 0 Å². The van der Waals surface area contributed by atoms with Gasteiger partial charge in [0.05, 0.1) is 34.3 Å². The molecule has 4 aromatic rings. The number of nitrogens with one attached hydrogen (secondary N) is 1. The summed E-state index contributed by atoms with van der Waals surface area (Å²) in [6.07, 6.45) is 0. The molecule has 0 aliphatic carbocycles. The van der Waals surface area contributed by atoms with Gasteiger partial charge in [0.15, 0.2) is 0 Å². The summed E-state index contributed by atoms with van der Waals surface area (Å²) in [7, 11) is 0. The molecule has 176 valence electrons. The molecular weight excluding hydrogens is 473 g/mol. The van der Waals surface area contributed by atoms with Gasteiger partial charge in [-0.25, -0.2) is 9.37 Å². The van der Waals surface area contributed by atoms with E-state index in [0.717, 1.165) is 0 Å². The van der Waals surface area contributed by atoms with Crippen LogP contribution in [0.5, 0.6) is 5.75 Å². The van der Waals surface area contributed by atoms with E-state index in [9.17, 15) is 19.1 Å². The van der Waals surface area contributed by atoms with Crippen LogP contribution < -0.4 is 9.64 Å². The zero-order chi connectivity index (χ0) is 24.7. The van der Waals surface area contributed by atoms with E-state index in [4.69, 9.17) is 16.3 Å². The molecule has 5 rings (SSSR count). The van der Waals surface area contributed by atoms with Gasteiger partial charge in [0.2, 0.25) is 5.95 Å². The standard InChI is InChI=1S/C26H19ClFN3O4/c1-2-35-20-12-15(8-10-17(20)27)23(32)21-22(14-6-4-3-5-7-14)31(25(34)24(21)33)26-29-18-11-9-16(28)13-19(18)30-26/h3-13,22,32H,2H2,1H3,(H,29,30)/b23-21+. The van der Waals surface area contributed by atoms with E-state index in [1.165, 1.54) is 29.2 Å². The minimum absolute atomic E-state index is 0.0618. The number of fused-ring (bicyclic) bond motifs is 1. The first kappa shape index (κ1) is 22.6. The topological polar surface area (TPSA) is 95.5 Å². The number of hydrogen-bond acceptors (Lipinski definition) is 5. The van der Waals surface area contributed by atoms with Crippen molar-refractivity contribution in [1.82, 2.24) is 9.97 Å². The van der Waals surface area contributed by atoms with E-state index in [0.29, 0.717) is 34.0 Å². The Morgan fingerprint density at radius 3 is 2.66 bits per heavy atom. The Balaban J connectivity index is 1.70. The Bertz CT molecular complexity index is 1500. The van der Waals surface area contributed by atoms with Gasteiger partial charge in [0.25, 0.3) is 5.78 Å². The average Bonchev–Trinajstić information content (AvgIpc) is 3.38. The number of ketones is 1. The van der Waals surface area contributed by atoms with E-state index in [2.05, 4.69) is 9.97 Å². The van der Waals surface area contributed by atoms with Crippen LogP contribution in [-0.4, -0.2) is 33.4 Å². The van der Waals surface area contributed by atoms with Gasteiger partial charge < -0.3 is 14.8 Å². The molecule has 1 fully saturated rings. The Labute approximate surface area is 204 Å². The number of nitrogens with zero attached hydrogens (tertiary/aromatic N) is 2. The number of aliphatic hydroxyl groups excluding tert-OH is 1. The molecule has 3 aromatic carbocycles. The van der Waals surface area contributed by atoms with Gasteiger partial charge in [-0.05, 0) is 48.9 Å². The summed E-state index contributed by atoms with van der Waals surface area (Å²) in [5.41, 5.74) is 1.53. The summed E-state index contributed by atoms with van der Waals surface area (Å²) in [5.74, 6) is -2.20. The molecule has 1 aliphatic rings. The number of amides is 1. The molecule has 35 heavy (non-hydrogen) atoms. The fourth-order valence-electron chi connectivity index (χ4n) is 4.16. The second-order valence-electron chi connectivity index (χ2n) is 7.88. The number of anilines is 1. The number of hydrogen-bond donors (Lipinski definition) is 2. The number of rotatable bonds is 5. The zero-order valence-electron chi connectivity index (χ0n) is 18.5. The van der Waals surface area contributed by atoms with Gasteiger partial charge in [0, 0.05) is 5.56 Å². The number of carbonyl (C=O) groups excluding carboxylic acids is 2. The third-order valence-corrected chi connectivity index (χ3v) is 6.04. The maximum absolute atomic E-state index is 13.7. The lowest BCUT2D eigenvalue weighted by Gasteiger charge is -2.23. The highest BCUT2D eigenvalue weighted by atomic mass is 35.5. The van der Waals surface area contributed by atoms with E-state index >= 15 is 0 Å². The molecule has 1 amide bonds. The van der Waals surface area contributed by atoms with E-state index in [-0.39, 0.29) is 22.8 Å². The summed E-state index contributed by atoms with van der Waals surface area (Å²) in [6, 6.07) is 16.4. The normalized spacial score (nSPS) is 17.3. The Morgan fingerprint density at radius 2 is 1.91 bits per heavy atom. The first-order chi connectivity index (χ1) is 16.9. The van der Waals surface area contributed by atoms with E-state index in [1.54, 1.807) is 49.4 Å². The van der Waals surface area contributed by atoms with Crippen molar-refractivity contribution in [3.8, 4) is 5.75 Å². The lowest BCUT2D eigenvalue weighted by Crippen LogP contribution is -2.30. The predicted molar refractivity (Wildman–Crippen MR) is 130 cm³/mol. The molecule has 1 aromatic heterocycles. The molecule has 7 nitrogen and oxygen atoms in total. The van der Waals surface area contributed by atoms with Crippen LogP contribution in [0.3, 0.4) is 0 Å². The van der Waals surface area contributed by atoms with Crippen LogP contribution in [0, 0.1) is 5.82 Å². The Morgan fingerprint density at radius 1 is 1.14 bits per heavy atom. The molecule has 0 spiro atoms. The van der Waals surface area contributed by atoms with Crippen molar-refractivity contribution in [3.05, 3.63) is 94.3 Å². The molecular formula is C26H19ClFN3O4. The molecule has 1 aliphatic heterocycles. The van der Waals surface area contributed by atoms with Gasteiger partial charge in [-0.15, -0.1) is 0 Å². The molecule has 0 radical (unpaired) electrons. The van der Waals surface area contributed by atoms with Crippen LogP contribution in [0.25, 0.3) is 16.8 Å². The fourth-order valence-corrected chi connectivity index (χ4v) is 4.33. The van der Waals surface area contributed by atoms with Gasteiger partial charge in [0.1, 0.15) is 17.3 Å². The summed E-state index contributed by atoms with van der Waals surface area (Å²) in [4.78, 5) is 35.0. The van der Waals surface area contributed by atoms with Crippen LogP contribution in [0.4, 0.5) is 10.3 Å². The number of aromatic nitrogens is 2. The van der Waals surface area contributed by atoms with Gasteiger partial charge >= 0.3 is 5.91 Å². The monoisotopic (exact) mass is 491 g/mol. The number of carbonyl (C=O) groups is 2. The predicted octanol–water partition coefficient (Wildman–Crippen LogP) is 5.38.